The molecule has 0 aliphatic carbocycles. The van der Waals surface area contributed by atoms with Gasteiger partial charge in [0.15, 0.2) is 0 Å². The van der Waals surface area contributed by atoms with Crippen molar-refractivity contribution in [3.05, 3.63) is 27.9 Å². The van der Waals surface area contributed by atoms with Crippen LogP contribution < -0.4 is 11.4 Å². The highest BCUT2D eigenvalue weighted by atomic mass is 16.1. The summed E-state index contributed by atoms with van der Waals surface area (Å²) in [6.07, 6.45) is 2.02. The topological polar surface area (TPSA) is 78.0 Å². The standard InChI is InChI=1S/C10H15N3O2/c1-6(2)4-8-7(9(11)14)5-13(3)10(15)12-8/h5-6H,4H2,1-3H3,(H2,11,14). The Bertz CT molecular complexity index is 435. The number of rotatable bonds is 3. The Balaban J connectivity index is 3.28. The van der Waals surface area contributed by atoms with Crippen LogP contribution in [0.4, 0.5) is 0 Å². The van der Waals surface area contributed by atoms with Gasteiger partial charge in [-0.15, -0.1) is 0 Å². The van der Waals surface area contributed by atoms with Crippen LogP contribution in [0.2, 0.25) is 0 Å². The van der Waals surface area contributed by atoms with Gasteiger partial charge in [-0.3, -0.25) is 4.79 Å². The number of nitrogens with two attached hydrogens (primary N) is 1. The minimum absolute atomic E-state index is 0.322. The lowest BCUT2D eigenvalue weighted by Crippen LogP contribution is -2.27. The zero-order valence-corrected chi connectivity index (χ0v) is 9.15. The molecule has 0 aliphatic heterocycles. The molecule has 82 valence electrons. The molecule has 1 aromatic heterocycles. The number of aromatic nitrogens is 2. The molecule has 0 radical (unpaired) electrons. The predicted octanol–water partition coefficient (Wildman–Crippen LogP) is 0.0777. The Morgan fingerprint density at radius 2 is 2.20 bits per heavy atom. The van der Waals surface area contributed by atoms with Gasteiger partial charge < -0.3 is 10.3 Å². The van der Waals surface area contributed by atoms with Gasteiger partial charge in [-0.2, -0.15) is 4.98 Å². The van der Waals surface area contributed by atoms with Gasteiger partial charge in [0.05, 0.1) is 11.3 Å². The summed E-state index contributed by atoms with van der Waals surface area (Å²) >= 11 is 0. The van der Waals surface area contributed by atoms with E-state index < -0.39 is 5.91 Å². The molecule has 15 heavy (non-hydrogen) atoms. The molecule has 2 N–H and O–H groups in total. The first-order valence-corrected chi connectivity index (χ1v) is 4.78. The monoisotopic (exact) mass is 209 g/mol. The molecule has 5 nitrogen and oxygen atoms in total. The zero-order valence-electron chi connectivity index (χ0n) is 9.15. The lowest BCUT2D eigenvalue weighted by atomic mass is 10.0. The van der Waals surface area contributed by atoms with Gasteiger partial charge in [-0.05, 0) is 12.3 Å². The third-order valence-corrected chi connectivity index (χ3v) is 2.03. The first kappa shape index (κ1) is 11.4. The lowest BCUT2D eigenvalue weighted by molar-refractivity contribution is 0.0998. The SMILES string of the molecule is CC(C)Cc1nc(=O)n(C)cc1C(N)=O. The van der Waals surface area contributed by atoms with E-state index in [1.165, 1.54) is 10.8 Å². The first-order valence-electron chi connectivity index (χ1n) is 4.78. The molecule has 0 saturated heterocycles. The van der Waals surface area contributed by atoms with Crippen LogP contribution in [0.5, 0.6) is 0 Å². The zero-order chi connectivity index (χ0) is 11.6. The molecular formula is C10H15N3O2. The summed E-state index contributed by atoms with van der Waals surface area (Å²) in [5, 5.41) is 0. The van der Waals surface area contributed by atoms with Crippen LogP contribution in [0.25, 0.3) is 0 Å². The molecule has 0 aliphatic rings. The van der Waals surface area contributed by atoms with Crippen LogP contribution in [-0.4, -0.2) is 15.5 Å². The number of amides is 1. The van der Waals surface area contributed by atoms with E-state index in [1.807, 2.05) is 13.8 Å². The minimum Gasteiger partial charge on any atom is -0.365 e. The van der Waals surface area contributed by atoms with Crippen molar-refractivity contribution >= 4 is 5.91 Å². The molecule has 0 bridgehead atoms. The molecule has 1 rings (SSSR count). The minimum atomic E-state index is -0.547. The number of aryl methyl sites for hydroxylation is 1. The van der Waals surface area contributed by atoms with Crippen LogP contribution in [-0.2, 0) is 13.5 Å². The Morgan fingerprint density at radius 1 is 1.60 bits per heavy atom. The summed E-state index contributed by atoms with van der Waals surface area (Å²) in [7, 11) is 1.54. The molecule has 1 aromatic rings. The molecule has 0 unspecified atom stereocenters. The number of carbonyl (C=O) groups excluding carboxylic acids is 1. The quantitative estimate of drug-likeness (QED) is 0.765. The molecule has 0 spiro atoms. The average Bonchev–Trinajstić information content (AvgIpc) is 2.09. The fourth-order valence-corrected chi connectivity index (χ4v) is 1.33. The normalized spacial score (nSPS) is 10.7. The number of primary amides is 1. The fourth-order valence-electron chi connectivity index (χ4n) is 1.33. The Hall–Kier alpha value is -1.65. The van der Waals surface area contributed by atoms with E-state index in [0.717, 1.165) is 0 Å². The van der Waals surface area contributed by atoms with Crippen molar-refractivity contribution in [2.75, 3.05) is 0 Å². The highest BCUT2D eigenvalue weighted by molar-refractivity contribution is 5.93. The van der Waals surface area contributed by atoms with E-state index >= 15 is 0 Å². The molecule has 1 heterocycles. The molecule has 0 aromatic carbocycles. The molecule has 5 heteroatoms. The van der Waals surface area contributed by atoms with Crippen LogP contribution in [0.1, 0.15) is 29.9 Å². The third-order valence-electron chi connectivity index (χ3n) is 2.03. The smallest absolute Gasteiger partial charge is 0.347 e. The molecule has 0 fully saturated rings. The van der Waals surface area contributed by atoms with Crippen molar-refractivity contribution in [1.29, 1.82) is 0 Å². The van der Waals surface area contributed by atoms with Crippen LogP contribution in [0, 0.1) is 5.92 Å². The summed E-state index contributed by atoms with van der Waals surface area (Å²) in [6, 6.07) is 0. The van der Waals surface area contributed by atoms with E-state index in [-0.39, 0.29) is 5.69 Å². The Kier molecular flexibility index (Phi) is 3.24. The maximum atomic E-state index is 11.3. The Morgan fingerprint density at radius 3 is 2.67 bits per heavy atom. The van der Waals surface area contributed by atoms with E-state index in [4.69, 9.17) is 5.73 Å². The van der Waals surface area contributed by atoms with Gasteiger partial charge in [0.2, 0.25) is 0 Å². The summed E-state index contributed by atoms with van der Waals surface area (Å²) in [5.41, 5.74) is 5.66. The Labute approximate surface area is 87.9 Å². The third kappa shape index (κ3) is 2.65. The number of hydrogen-bond acceptors (Lipinski definition) is 3. The first-order chi connectivity index (χ1) is 6.91. The summed E-state index contributed by atoms with van der Waals surface area (Å²) in [5.74, 6) is -0.226. The van der Waals surface area contributed by atoms with Crippen LogP contribution in [0.3, 0.4) is 0 Å². The maximum Gasteiger partial charge on any atom is 0.347 e. The van der Waals surface area contributed by atoms with Gasteiger partial charge in [-0.25, -0.2) is 4.79 Å². The number of nitrogens with zero attached hydrogens (tertiary/aromatic N) is 2. The van der Waals surface area contributed by atoms with Crippen LogP contribution >= 0.6 is 0 Å². The van der Waals surface area contributed by atoms with Gasteiger partial charge in [-0.1, -0.05) is 13.8 Å². The van der Waals surface area contributed by atoms with Gasteiger partial charge in [0.25, 0.3) is 5.91 Å². The number of carbonyl (C=O) groups is 1. The number of hydrogen-bond donors (Lipinski definition) is 1. The van der Waals surface area contributed by atoms with Crippen molar-refractivity contribution in [1.82, 2.24) is 9.55 Å². The lowest BCUT2D eigenvalue weighted by Gasteiger charge is -2.08. The highest BCUT2D eigenvalue weighted by Gasteiger charge is 2.13. The van der Waals surface area contributed by atoms with Crippen molar-refractivity contribution in [2.24, 2.45) is 18.7 Å². The molecular weight excluding hydrogens is 194 g/mol. The van der Waals surface area contributed by atoms with Gasteiger partial charge >= 0.3 is 5.69 Å². The van der Waals surface area contributed by atoms with Crippen molar-refractivity contribution in [3.8, 4) is 0 Å². The summed E-state index contributed by atoms with van der Waals surface area (Å²) < 4.78 is 1.25. The summed E-state index contributed by atoms with van der Waals surface area (Å²) in [6.45, 7) is 3.98. The van der Waals surface area contributed by atoms with Crippen LogP contribution in [0.15, 0.2) is 11.0 Å². The van der Waals surface area contributed by atoms with E-state index in [9.17, 15) is 9.59 Å². The molecule has 1 amide bonds. The molecule has 0 saturated carbocycles. The van der Waals surface area contributed by atoms with Crippen molar-refractivity contribution in [2.45, 2.75) is 20.3 Å². The second kappa shape index (κ2) is 4.25. The van der Waals surface area contributed by atoms with E-state index in [1.54, 1.807) is 7.05 Å². The highest BCUT2D eigenvalue weighted by Crippen LogP contribution is 2.08. The van der Waals surface area contributed by atoms with E-state index in [2.05, 4.69) is 4.98 Å². The van der Waals surface area contributed by atoms with Gasteiger partial charge in [0, 0.05) is 13.2 Å². The average molecular weight is 209 g/mol. The predicted molar refractivity (Wildman–Crippen MR) is 56.5 cm³/mol. The molecule has 0 atom stereocenters. The van der Waals surface area contributed by atoms with Crippen molar-refractivity contribution < 1.29 is 4.79 Å². The van der Waals surface area contributed by atoms with Crippen molar-refractivity contribution in [3.63, 3.8) is 0 Å². The fraction of sp³-hybridized carbons (Fsp3) is 0.500. The maximum absolute atomic E-state index is 11.3. The van der Waals surface area contributed by atoms with Gasteiger partial charge in [0.1, 0.15) is 0 Å². The summed E-state index contributed by atoms with van der Waals surface area (Å²) in [4.78, 5) is 26.3. The largest absolute Gasteiger partial charge is 0.365 e. The second-order valence-electron chi connectivity index (χ2n) is 3.96. The van der Waals surface area contributed by atoms with E-state index in [0.29, 0.717) is 23.6 Å². The second-order valence-corrected chi connectivity index (χ2v) is 3.96.